The summed E-state index contributed by atoms with van der Waals surface area (Å²) in [6, 6.07) is 13.2. The second-order valence-electron chi connectivity index (χ2n) is 9.33. The van der Waals surface area contributed by atoms with Crippen LogP contribution >= 0.6 is 34.5 Å². The second kappa shape index (κ2) is 13.2. The number of hydrogen-bond donors (Lipinski definition) is 0. The van der Waals surface area contributed by atoms with Gasteiger partial charge in [-0.3, -0.25) is 9.36 Å². The standard InChI is InChI=1S/C31H28Cl2N2O7S/c1-5-40-28-20(9-7-11-23(28)39-4)27-25(30(37)41-15-14-38-3)17(2)34-31-35(27)29(36)24(43-31)16-18-12-13-22(42-18)19-8-6-10-21(32)26(19)33/h6-13,16,27H,5,14-15H2,1-4H3/b24-16+/t27-/m1/s1. The van der Waals surface area contributed by atoms with E-state index in [9.17, 15) is 9.59 Å². The number of carbonyl (C=O) groups is 1. The maximum atomic E-state index is 14.1. The van der Waals surface area contributed by atoms with Gasteiger partial charge in [0, 0.05) is 24.3 Å². The predicted octanol–water partition coefficient (Wildman–Crippen LogP) is 5.40. The van der Waals surface area contributed by atoms with Crippen molar-refractivity contribution in [1.29, 1.82) is 0 Å². The zero-order valence-corrected chi connectivity index (χ0v) is 26.1. The fraction of sp³-hybridized carbons (Fsp3) is 0.258. The van der Waals surface area contributed by atoms with Gasteiger partial charge in [0.1, 0.15) is 24.2 Å². The molecule has 1 atom stereocenters. The molecule has 0 fully saturated rings. The van der Waals surface area contributed by atoms with E-state index in [1.165, 1.54) is 30.1 Å². The van der Waals surface area contributed by atoms with Crippen LogP contribution in [0.4, 0.5) is 0 Å². The van der Waals surface area contributed by atoms with Crippen LogP contribution in [0, 0.1) is 0 Å². The quantitative estimate of drug-likeness (QED) is 0.169. The first-order valence-electron chi connectivity index (χ1n) is 13.3. The van der Waals surface area contributed by atoms with Gasteiger partial charge in [-0.15, -0.1) is 0 Å². The summed E-state index contributed by atoms with van der Waals surface area (Å²) in [5.74, 6) is 1.19. The first-order chi connectivity index (χ1) is 20.8. The van der Waals surface area contributed by atoms with Gasteiger partial charge in [0.05, 0.1) is 46.2 Å². The molecule has 2 aromatic carbocycles. The summed E-state index contributed by atoms with van der Waals surface area (Å²) in [7, 11) is 3.05. The van der Waals surface area contributed by atoms with Crippen LogP contribution in [0.5, 0.6) is 11.5 Å². The zero-order chi connectivity index (χ0) is 30.7. The zero-order valence-electron chi connectivity index (χ0n) is 23.8. The van der Waals surface area contributed by atoms with Gasteiger partial charge in [0.2, 0.25) is 0 Å². The number of aromatic nitrogens is 1. The molecule has 1 aliphatic rings. The molecule has 12 heteroatoms. The molecule has 5 rings (SSSR count). The maximum absolute atomic E-state index is 14.1. The Balaban J connectivity index is 1.67. The second-order valence-corrected chi connectivity index (χ2v) is 11.1. The summed E-state index contributed by atoms with van der Waals surface area (Å²) in [6.45, 7) is 4.15. The maximum Gasteiger partial charge on any atom is 0.338 e. The Kier molecular flexibility index (Phi) is 9.41. The number of para-hydroxylation sites is 1. The van der Waals surface area contributed by atoms with Crippen molar-refractivity contribution in [3.63, 3.8) is 0 Å². The third kappa shape index (κ3) is 6.01. The van der Waals surface area contributed by atoms with Gasteiger partial charge in [-0.1, -0.05) is 52.7 Å². The van der Waals surface area contributed by atoms with Crippen molar-refractivity contribution in [3.05, 3.63) is 101 Å². The van der Waals surface area contributed by atoms with Gasteiger partial charge in [-0.2, -0.15) is 0 Å². The van der Waals surface area contributed by atoms with Crippen LogP contribution in [0.15, 0.2) is 74.0 Å². The average molecular weight is 644 g/mol. The minimum absolute atomic E-state index is 0.0388. The Labute approximate surface area is 261 Å². The minimum atomic E-state index is -0.900. The lowest BCUT2D eigenvalue weighted by Crippen LogP contribution is -2.40. The molecule has 0 saturated carbocycles. The number of rotatable bonds is 10. The summed E-state index contributed by atoms with van der Waals surface area (Å²) in [5.41, 5.74) is 1.44. The lowest BCUT2D eigenvalue weighted by molar-refractivity contribution is -0.140. The third-order valence-electron chi connectivity index (χ3n) is 6.69. The van der Waals surface area contributed by atoms with Gasteiger partial charge >= 0.3 is 5.97 Å². The molecule has 1 aliphatic heterocycles. The molecule has 9 nitrogen and oxygen atoms in total. The Bertz CT molecular complexity index is 1890. The van der Waals surface area contributed by atoms with E-state index in [1.54, 1.807) is 61.5 Å². The van der Waals surface area contributed by atoms with Crippen molar-refractivity contribution < 1.29 is 28.2 Å². The summed E-state index contributed by atoms with van der Waals surface area (Å²) in [6.07, 6.45) is 1.63. The number of furan rings is 1. The molecule has 0 unspecified atom stereocenters. The summed E-state index contributed by atoms with van der Waals surface area (Å²) in [4.78, 5) is 32.6. The van der Waals surface area contributed by atoms with Gasteiger partial charge < -0.3 is 23.4 Å². The predicted molar refractivity (Wildman–Crippen MR) is 165 cm³/mol. The van der Waals surface area contributed by atoms with Crippen LogP contribution in [0.2, 0.25) is 10.0 Å². The highest BCUT2D eigenvalue weighted by Crippen LogP contribution is 2.41. The fourth-order valence-corrected chi connectivity index (χ4v) is 6.20. The van der Waals surface area contributed by atoms with Gasteiger partial charge in [0.15, 0.2) is 16.3 Å². The highest BCUT2D eigenvalue weighted by atomic mass is 35.5. The highest BCUT2D eigenvalue weighted by Gasteiger charge is 2.36. The minimum Gasteiger partial charge on any atom is -0.493 e. The van der Waals surface area contributed by atoms with E-state index in [0.29, 0.717) is 65.8 Å². The molecule has 0 N–H and O–H groups in total. The number of nitrogens with zero attached hydrogens (tertiary/aromatic N) is 2. The van der Waals surface area contributed by atoms with Crippen molar-refractivity contribution in [2.45, 2.75) is 19.9 Å². The van der Waals surface area contributed by atoms with Crippen LogP contribution < -0.4 is 24.4 Å². The lowest BCUT2D eigenvalue weighted by atomic mass is 9.94. The van der Waals surface area contributed by atoms with E-state index in [1.807, 2.05) is 6.92 Å². The Hall–Kier alpha value is -3.83. The number of esters is 1. The number of fused-ring (bicyclic) bond motifs is 1. The highest BCUT2D eigenvalue weighted by molar-refractivity contribution is 7.07. The number of methoxy groups -OCH3 is 2. The van der Waals surface area contributed by atoms with Crippen LogP contribution in [0.25, 0.3) is 17.4 Å². The Morgan fingerprint density at radius 3 is 2.65 bits per heavy atom. The van der Waals surface area contributed by atoms with Gasteiger partial charge in [-0.05, 0) is 44.2 Å². The van der Waals surface area contributed by atoms with E-state index in [2.05, 4.69) is 4.99 Å². The third-order valence-corrected chi connectivity index (χ3v) is 8.49. The smallest absolute Gasteiger partial charge is 0.338 e. The number of benzene rings is 2. The molecular formula is C31H28Cl2N2O7S. The number of ether oxygens (including phenoxy) is 4. The fourth-order valence-electron chi connectivity index (χ4n) is 4.78. The molecule has 0 spiro atoms. The van der Waals surface area contributed by atoms with Gasteiger partial charge in [-0.25, -0.2) is 9.79 Å². The number of allylic oxidation sites excluding steroid dienone is 1. The molecule has 0 amide bonds. The molecule has 0 radical (unpaired) electrons. The molecule has 0 aliphatic carbocycles. The largest absolute Gasteiger partial charge is 0.493 e. The van der Waals surface area contributed by atoms with Gasteiger partial charge in [0.25, 0.3) is 5.56 Å². The van der Waals surface area contributed by atoms with Crippen LogP contribution in [0.1, 0.15) is 31.2 Å². The Morgan fingerprint density at radius 2 is 1.91 bits per heavy atom. The van der Waals surface area contributed by atoms with E-state index in [-0.39, 0.29) is 24.3 Å². The Morgan fingerprint density at radius 1 is 1.12 bits per heavy atom. The molecule has 4 aromatic rings. The average Bonchev–Trinajstić information content (AvgIpc) is 3.58. The summed E-state index contributed by atoms with van der Waals surface area (Å²) < 4.78 is 30.0. The monoisotopic (exact) mass is 642 g/mol. The molecule has 43 heavy (non-hydrogen) atoms. The van der Waals surface area contributed by atoms with E-state index < -0.39 is 12.0 Å². The van der Waals surface area contributed by atoms with Crippen molar-refractivity contribution in [2.75, 3.05) is 34.0 Å². The van der Waals surface area contributed by atoms with E-state index in [4.69, 9.17) is 46.6 Å². The van der Waals surface area contributed by atoms with Crippen molar-refractivity contribution in [2.24, 2.45) is 4.99 Å². The van der Waals surface area contributed by atoms with Crippen molar-refractivity contribution in [3.8, 4) is 22.8 Å². The topological polar surface area (TPSA) is 101 Å². The number of carbonyl (C=O) groups excluding carboxylic acids is 1. The normalized spacial score (nSPS) is 14.8. The molecule has 224 valence electrons. The SMILES string of the molecule is CCOc1c(OC)cccc1[C@@H]1C(C(=O)OCCOC)=C(C)N=c2s/c(=C/c3ccc(-c4cccc(Cl)c4Cl)o3)c(=O)n21. The van der Waals surface area contributed by atoms with E-state index in [0.717, 1.165) is 0 Å². The number of hydrogen-bond acceptors (Lipinski definition) is 9. The number of halogens is 2. The molecule has 0 saturated heterocycles. The molecule has 2 aromatic heterocycles. The van der Waals surface area contributed by atoms with Crippen molar-refractivity contribution >= 4 is 46.6 Å². The molecule has 3 heterocycles. The van der Waals surface area contributed by atoms with Crippen molar-refractivity contribution in [1.82, 2.24) is 4.57 Å². The lowest BCUT2D eigenvalue weighted by Gasteiger charge is -2.27. The first kappa shape index (κ1) is 30.6. The first-order valence-corrected chi connectivity index (χ1v) is 14.9. The molecular weight excluding hydrogens is 615 g/mol. The van der Waals surface area contributed by atoms with Crippen LogP contribution in [-0.2, 0) is 14.3 Å². The van der Waals surface area contributed by atoms with Crippen LogP contribution in [-0.4, -0.2) is 44.6 Å². The number of thiazole rings is 1. The summed E-state index contributed by atoms with van der Waals surface area (Å²) in [5, 5.41) is 0.773. The van der Waals surface area contributed by atoms with E-state index >= 15 is 0 Å². The van der Waals surface area contributed by atoms with Crippen LogP contribution in [0.3, 0.4) is 0 Å². The molecule has 0 bridgehead atoms. The summed E-state index contributed by atoms with van der Waals surface area (Å²) >= 11 is 13.7.